The van der Waals surface area contributed by atoms with Crippen LogP contribution in [0.1, 0.15) is 11.1 Å². The van der Waals surface area contributed by atoms with Crippen molar-refractivity contribution in [2.24, 2.45) is 0 Å². The van der Waals surface area contributed by atoms with Crippen molar-refractivity contribution in [3.8, 4) is 44.8 Å². The van der Waals surface area contributed by atoms with E-state index in [-0.39, 0.29) is 0 Å². The summed E-state index contributed by atoms with van der Waals surface area (Å²) >= 11 is 0. The largest absolute Gasteiger partial charge is 0.242 e. The van der Waals surface area contributed by atoms with Crippen LogP contribution in [0.15, 0.2) is 115 Å². The van der Waals surface area contributed by atoms with Crippen molar-refractivity contribution in [1.82, 2.24) is 15.0 Å². The minimum absolute atomic E-state index is 0.648. The molecule has 2 heterocycles. The van der Waals surface area contributed by atoms with E-state index in [1.165, 1.54) is 33.4 Å². The first-order valence-electron chi connectivity index (χ1n) is 12.1. The number of hydrogen-bond acceptors (Lipinski definition) is 3. The Kier molecular flexibility index (Phi) is 5.59. The molecule has 0 saturated carbocycles. The van der Waals surface area contributed by atoms with Gasteiger partial charge in [0, 0.05) is 17.3 Å². The van der Waals surface area contributed by atoms with Gasteiger partial charge in [-0.15, -0.1) is 0 Å². The van der Waals surface area contributed by atoms with Crippen molar-refractivity contribution in [2.75, 3.05) is 0 Å². The summed E-state index contributed by atoms with van der Waals surface area (Å²) in [5, 5.41) is 0. The summed E-state index contributed by atoms with van der Waals surface area (Å²) in [6.07, 6.45) is 1.76. The fourth-order valence-electron chi connectivity index (χ4n) is 4.43. The van der Waals surface area contributed by atoms with Gasteiger partial charge in [0.25, 0.3) is 0 Å². The Hall–Kier alpha value is -4.63. The zero-order valence-electron chi connectivity index (χ0n) is 20.3. The Bertz CT molecular complexity index is 1520. The van der Waals surface area contributed by atoms with Crippen LogP contribution in [0.2, 0.25) is 0 Å². The van der Waals surface area contributed by atoms with Crippen LogP contribution in [0.4, 0.5) is 0 Å². The highest BCUT2D eigenvalue weighted by molar-refractivity contribution is 5.85. The van der Waals surface area contributed by atoms with E-state index in [9.17, 15) is 0 Å². The monoisotopic (exact) mass is 463 g/mol. The molecule has 172 valence electrons. The number of aryl methyl sites for hydroxylation is 2. The van der Waals surface area contributed by atoms with Crippen molar-refractivity contribution in [3.63, 3.8) is 0 Å². The van der Waals surface area contributed by atoms with Gasteiger partial charge in [-0.3, -0.25) is 0 Å². The van der Waals surface area contributed by atoms with Gasteiger partial charge in [-0.25, -0.2) is 15.0 Å². The molecule has 0 unspecified atom stereocenters. The predicted molar refractivity (Wildman–Crippen MR) is 149 cm³/mol. The third-order valence-corrected chi connectivity index (χ3v) is 6.53. The molecule has 0 N–H and O–H groups in total. The maximum absolute atomic E-state index is 5.00. The van der Waals surface area contributed by atoms with E-state index in [0.29, 0.717) is 5.65 Å². The molecule has 0 saturated heterocycles. The van der Waals surface area contributed by atoms with Crippen LogP contribution in [-0.2, 0) is 0 Å². The summed E-state index contributed by atoms with van der Waals surface area (Å²) < 4.78 is 0. The maximum atomic E-state index is 5.00. The van der Waals surface area contributed by atoms with Crippen molar-refractivity contribution in [1.29, 1.82) is 0 Å². The number of hydrogen-bond donors (Lipinski definition) is 0. The van der Waals surface area contributed by atoms with Crippen LogP contribution in [0.25, 0.3) is 55.9 Å². The lowest BCUT2D eigenvalue weighted by molar-refractivity contribution is 1.23. The van der Waals surface area contributed by atoms with E-state index in [1.807, 2.05) is 12.1 Å². The van der Waals surface area contributed by atoms with Crippen LogP contribution in [0.3, 0.4) is 0 Å². The molecule has 0 spiro atoms. The standard InChI is InChI=1S/C33H25N3/c1-22-5-9-24(10-6-22)26-13-17-28(18-14-26)31-32(36-33-30(35-31)4-3-21-34-33)29-19-15-27(16-20-29)25-11-7-23(2)8-12-25/h3-21H,1-2H3. The molecule has 36 heavy (non-hydrogen) atoms. The number of pyridine rings is 1. The van der Waals surface area contributed by atoms with Gasteiger partial charge in [0.1, 0.15) is 5.52 Å². The van der Waals surface area contributed by atoms with Gasteiger partial charge in [0.15, 0.2) is 5.65 Å². The van der Waals surface area contributed by atoms with Gasteiger partial charge < -0.3 is 0 Å². The molecule has 6 rings (SSSR count). The summed E-state index contributed by atoms with van der Waals surface area (Å²) in [5.74, 6) is 0. The van der Waals surface area contributed by atoms with Crippen LogP contribution in [0.5, 0.6) is 0 Å². The van der Waals surface area contributed by atoms with Gasteiger partial charge in [0.2, 0.25) is 0 Å². The van der Waals surface area contributed by atoms with Crippen LogP contribution in [0, 0.1) is 13.8 Å². The van der Waals surface area contributed by atoms with Gasteiger partial charge >= 0.3 is 0 Å². The van der Waals surface area contributed by atoms with Crippen LogP contribution in [-0.4, -0.2) is 15.0 Å². The van der Waals surface area contributed by atoms with E-state index in [4.69, 9.17) is 9.97 Å². The van der Waals surface area contributed by atoms with Gasteiger partial charge in [-0.05, 0) is 48.2 Å². The molecular weight excluding hydrogens is 438 g/mol. The third kappa shape index (κ3) is 4.27. The second-order valence-electron chi connectivity index (χ2n) is 9.15. The van der Waals surface area contributed by atoms with E-state index in [1.54, 1.807) is 6.20 Å². The van der Waals surface area contributed by atoms with Crippen molar-refractivity contribution in [3.05, 3.63) is 127 Å². The van der Waals surface area contributed by atoms with Crippen molar-refractivity contribution < 1.29 is 0 Å². The summed E-state index contributed by atoms with van der Waals surface area (Å²) in [6, 6.07) is 38.2. The average Bonchev–Trinajstić information content (AvgIpc) is 2.93. The average molecular weight is 464 g/mol. The highest BCUT2D eigenvalue weighted by Gasteiger charge is 2.14. The highest BCUT2D eigenvalue weighted by atomic mass is 14.9. The normalized spacial score (nSPS) is 11.1. The molecule has 3 heteroatoms. The number of aromatic nitrogens is 3. The Morgan fingerprint density at radius 3 is 1.28 bits per heavy atom. The predicted octanol–water partition coefficient (Wildman–Crippen LogP) is 8.31. The highest BCUT2D eigenvalue weighted by Crippen LogP contribution is 2.33. The lowest BCUT2D eigenvalue weighted by Crippen LogP contribution is -1.97. The fourth-order valence-corrected chi connectivity index (χ4v) is 4.43. The first-order valence-corrected chi connectivity index (χ1v) is 12.1. The van der Waals surface area contributed by atoms with Gasteiger partial charge in [-0.2, -0.15) is 0 Å². The lowest BCUT2D eigenvalue weighted by atomic mass is 9.98. The SMILES string of the molecule is Cc1ccc(-c2ccc(-c3nc4cccnc4nc3-c3ccc(-c4ccc(C)cc4)cc3)cc2)cc1. The summed E-state index contributed by atoms with van der Waals surface area (Å²) in [7, 11) is 0. The second-order valence-corrected chi connectivity index (χ2v) is 9.15. The second kappa shape index (κ2) is 9.20. The summed E-state index contributed by atoms with van der Waals surface area (Å²) in [5.41, 5.74) is 12.4. The molecule has 0 radical (unpaired) electrons. The van der Waals surface area contributed by atoms with E-state index in [2.05, 4.69) is 116 Å². The van der Waals surface area contributed by atoms with Crippen LogP contribution < -0.4 is 0 Å². The smallest absolute Gasteiger partial charge is 0.178 e. The first-order chi connectivity index (χ1) is 17.6. The Balaban J connectivity index is 1.43. The fraction of sp³-hybridized carbons (Fsp3) is 0.0606. The molecule has 0 aliphatic carbocycles. The minimum Gasteiger partial charge on any atom is -0.242 e. The van der Waals surface area contributed by atoms with Gasteiger partial charge in [-0.1, -0.05) is 108 Å². The molecule has 0 amide bonds. The Labute approximate surface area is 211 Å². The quantitative estimate of drug-likeness (QED) is 0.264. The van der Waals surface area contributed by atoms with Gasteiger partial charge in [0.05, 0.1) is 11.4 Å². The molecule has 2 aromatic heterocycles. The molecule has 0 bridgehead atoms. The molecule has 4 aromatic carbocycles. The topological polar surface area (TPSA) is 38.7 Å². The number of fused-ring (bicyclic) bond motifs is 1. The molecule has 6 aromatic rings. The zero-order valence-corrected chi connectivity index (χ0v) is 20.3. The van der Waals surface area contributed by atoms with Crippen LogP contribution >= 0.6 is 0 Å². The maximum Gasteiger partial charge on any atom is 0.178 e. The molecule has 0 fully saturated rings. The zero-order chi connectivity index (χ0) is 24.5. The number of benzene rings is 4. The van der Waals surface area contributed by atoms with E-state index < -0.39 is 0 Å². The molecule has 0 atom stereocenters. The molecule has 0 aliphatic rings. The van der Waals surface area contributed by atoms with E-state index in [0.717, 1.165) is 28.0 Å². The first kappa shape index (κ1) is 21.9. The number of rotatable bonds is 4. The molecular formula is C33H25N3. The van der Waals surface area contributed by atoms with Crippen molar-refractivity contribution >= 4 is 11.2 Å². The summed E-state index contributed by atoms with van der Waals surface area (Å²) in [6.45, 7) is 4.21. The minimum atomic E-state index is 0.648. The molecule has 0 aliphatic heterocycles. The van der Waals surface area contributed by atoms with E-state index >= 15 is 0 Å². The number of nitrogens with zero attached hydrogens (tertiary/aromatic N) is 3. The van der Waals surface area contributed by atoms with Crippen molar-refractivity contribution in [2.45, 2.75) is 13.8 Å². The lowest BCUT2D eigenvalue weighted by Gasteiger charge is -2.12. The Morgan fingerprint density at radius 1 is 0.417 bits per heavy atom. The molecule has 3 nitrogen and oxygen atoms in total. The summed E-state index contributed by atoms with van der Waals surface area (Å²) in [4.78, 5) is 14.4. The third-order valence-electron chi connectivity index (χ3n) is 6.53. The Morgan fingerprint density at radius 2 is 0.806 bits per heavy atom.